The molecule has 2 aliphatic rings. The molecule has 2 atom stereocenters. The molecule has 0 aromatic heterocycles. The second-order valence-electron chi connectivity index (χ2n) is 5.28. The number of fused-ring (bicyclic) bond motifs is 2. The van der Waals surface area contributed by atoms with Crippen LogP contribution in [0.15, 0.2) is 42.5 Å². The monoisotopic (exact) mass is 346 g/mol. The average Bonchev–Trinajstić information content (AvgIpc) is 3.01. The van der Waals surface area contributed by atoms with Gasteiger partial charge < -0.3 is 14.2 Å². The Balaban J connectivity index is 1.57. The Labute approximate surface area is 132 Å². The van der Waals surface area contributed by atoms with E-state index in [4.69, 9.17) is 14.2 Å². The van der Waals surface area contributed by atoms with Crippen molar-refractivity contribution in [2.45, 2.75) is 17.4 Å². The lowest BCUT2D eigenvalue weighted by atomic mass is 10.0. The molecular weight excluding hydrogens is 332 g/mol. The minimum atomic E-state index is -0.0414. The number of alkyl halides is 1. The summed E-state index contributed by atoms with van der Waals surface area (Å²) in [4.78, 5) is 0.0942. The molecule has 2 unspecified atom stereocenters. The van der Waals surface area contributed by atoms with Gasteiger partial charge in [0.05, 0.1) is 11.4 Å². The zero-order chi connectivity index (χ0) is 14.2. The van der Waals surface area contributed by atoms with E-state index in [0.29, 0.717) is 6.61 Å². The molecule has 2 aliphatic heterocycles. The highest BCUT2D eigenvalue weighted by Crippen LogP contribution is 2.39. The Bertz CT molecular complexity index is 671. The lowest BCUT2D eigenvalue weighted by Crippen LogP contribution is -2.32. The summed E-state index contributed by atoms with van der Waals surface area (Å²) in [6.45, 7) is 1.32. The van der Waals surface area contributed by atoms with E-state index in [1.54, 1.807) is 0 Å². The summed E-state index contributed by atoms with van der Waals surface area (Å²) in [5.41, 5.74) is 2.47. The van der Waals surface area contributed by atoms with Gasteiger partial charge in [0.25, 0.3) is 0 Å². The van der Waals surface area contributed by atoms with Crippen LogP contribution in [0.25, 0.3) is 0 Å². The van der Waals surface area contributed by atoms with Gasteiger partial charge in [-0.05, 0) is 29.3 Å². The molecular formula is C17H15BrO3. The molecule has 0 saturated heterocycles. The lowest BCUT2D eigenvalue weighted by molar-refractivity contribution is 0.0904. The zero-order valence-corrected chi connectivity index (χ0v) is 13.0. The molecule has 0 spiro atoms. The first-order valence-corrected chi connectivity index (χ1v) is 8.01. The fourth-order valence-corrected chi connectivity index (χ4v) is 3.32. The van der Waals surface area contributed by atoms with Crippen molar-refractivity contribution in [3.05, 3.63) is 53.6 Å². The van der Waals surface area contributed by atoms with Crippen LogP contribution in [-0.4, -0.2) is 19.3 Å². The van der Waals surface area contributed by atoms with Gasteiger partial charge in [-0.15, -0.1) is 0 Å². The van der Waals surface area contributed by atoms with E-state index in [-0.39, 0.29) is 10.9 Å². The molecule has 4 rings (SSSR count). The normalized spacial score (nSPS) is 20.5. The van der Waals surface area contributed by atoms with E-state index in [9.17, 15) is 0 Å². The van der Waals surface area contributed by atoms with E-state index in [1.807, 2.05) is 30.3 Å². The third-order valence-electron chi connectivity index (χ3n) is 3.89. The van der Waals surface area contributed by atoms with Crippen LogP contribution in [0.4, 0.5) is 0 Å². The summed E-state index contributed by atoms with van der Waals surface area (Å²) in [6.07, 6.45) is 0.938. The number of ether oxygens (including phenoxy) is 3. The molecule has 2 heterocycles. The molecule has 108 valence electrons. The summed E-state index contributed by atoms with van der Waals surface area (Å²) in [5, 5.41) is 0. The molecule has 2 aromatic carbocycles. The van der Waals surface area contributed by atoms with Gasteiger partial charge in [0.2, 0.25) is 0 Å². The standard InChI is InChI=1S/C17H15BrO3/c18-17(12-5-6-13-11(9-12)7-8-19-13)16-10-20-14-3-1-2-4-15(14)21-16/h1-6,9,16-17H,7-8,10H2. The van der Waals surface area contributed by atoms with Gasteiger partial charge in [-0.1, -0.05) is 40.2 Å². The Morgan fingerprint density at radius 1 is 1.00 bits per heavy atom. The third-order valence-corrected chi connectivity index (χ3v) is 5.01. The minimum absolute atomic E-state index is 0.0414. The second kappa shape index (κ2) is 5.26. The van der Waals surface area contributed by atoms with Crippen LogP contribution >= 0.6 is 15.9 Å². The van der Waals surface area contributed by atoms with Crippen LogP contribution < -0.4 is 14.2 Å². The molecule has 0 aliphatic carbocycles. The van der Waals surface area contributed by atoms with Gasteiger partial charge in [-0.25, -0.2) is 0 Å². The maximum atomic E-state index is 6.06. The Morgan fingerprint density at radius 2 is 1.86 bits per heavy atom. The summed E-state index contributed by atoms with van der Waals surface area (Å²) in [6, 6.07) is 14.1. The molecule has 3 nitrogen and oxygen atoms in total. The van der Waals surface area contributed by atoms with Crippen molar-refractivity contribution in [1.29, 1.82) is 0 Å². The predicted octanol–water partition coefficient (Wildman–Crippen LogP) is 3.90. The van der Waals surface area contributed by atoms with E-state index in [1.165, 1.54) is 11.1 Å². The van der Waals surface area contributed by atoms with Gasteiger partial charge in [0, 0.05) is 6.42 Å². The molecule has 21 heavy (non-hydrogen) atoms. The average molecular weight is 347 g/mol. The quantitative estimate of drug-likeness (QED) is 0.772. The minimum Gasteiger partial charge on any atom is -0.493 e. The van der Waals surface area contributed by atoms with Crippen LogP contribution in [0.2, 0.25) is 0 Å². The molecule has 0 saturated carbocycles. The summed E-state index contributed by atoms with van der Waals surface area (Å²) in [7, 11) is 0. The molecule has 0 bridgehead atoms. The molecule has 4 heteroatoms. The number of benzene rings is 2. The summed E-state index contributed by atoms with van der Waals surface area (Å²) < 4.78 is 17.4. The number of rotatable bonds is 2. The SMILES string of the molecule is BrC(c1ccc2c(c1)CCO2)C1COc2ccccc2O1. The first-order valence-electron chi connectivity index (χ1n) is 7.09. The van der Waals surface area contributed by atoms with Crippen LogP contribution in [0, 0.1) is 0 Å². The number of halogens is 1. The van der Waals surface area contributed by atoms with Crippen molar-refractivity contribution in [2.75, 3.05) is 13.2 Å². The fraction of sp³-hybridized carbons (Fsp3) is 0.294. The van der Waals surface area contributed by atoms with Crippen LogP contribution in [0.5, 0.6) is 17.2 Å². The molecule has 0 N–H and O–H groups in total. The number of hydrogen-bond donors (Lipinski definition) is 0. The van der Waals surface area contributed by atoms with E-state index < -0.39 is 0 Å². The molecule has 0 fully saturated rings. The highest BCUT2D eigenvalue weighted by atomic mass is 79.9. The fourth-order valence-electron chi connectivity index (χ4n) is 2.77. The van der Waals surface area contributed by atoms with E-state index in [0.717, 1.165) is 30.3 Å². The van der Waals surface area contributed by atoms with Crippen molar-refractivity contribution in [1.82, 2.24) is 0 Å². The first-order chi connectivity index (χ1) is 10.3. The van der Waals surface area contributed by atoms with Gasteiger partial charge >= 0.3 is 0 Å². The Kier molecular flexibility index (Phi) is 3.26. The van der Waals surface area contributed by atoms with Gasteiger partial charge in [0.15, 0.2) is 11.5 Å². The van der Waals surface area contributed by atoms with Gasteiger partial charge in [0.1, 0.15) is 18.5 Å². The largest absolute Gasteiger partial charge is 0.493 e. The highest BCUT2D eigenvalue weighted by molar-refractivity contribution is 9.09. The van der Waals surface area contributed by atoms with Crippen molar-refractivity contribution < 1.29 is 14.2 Å². The van der Waals surface area contributed by atoms with Crippen molar-refractivity contribution in [3.63, 3.8) is 0 Å². The topological polar surface area (TPSA) is 27.7 Å². The van der Waals surface area contributed by atoms with Gasteiger partial charge in [-0.3, -0.25) is 0 Å². The van der Waals surface area contributed by atoms with Crippen LogP contribution in [0.1, 0.15) is 16.0 Å². The highest BCUT2D eigenvalue weighted by Gasteiger charge is 2.29. The number of para-hydroxylation sites is 2. The van der Waals surface area contributed by atoms with E-state index in [2.05, 4.69) is 28.1 Å². The first kappa shape index (κ1) is 13.0. The smallest absolute Gasteiger partial charge is 0.161 e. The molecule has 0 radical (unpaired) electrons. The van der Waals surface area contributed by atoms with E-state index >= 15 is 0 Å². The maximum Gasteiger partial charge on any atom is 0.161 e. The Morgan fingerprint density at radius 3 is 2.76 bits per heavy atom. The summed E-state index contributed by atoms with van der Waals surface area (Å²) in [5.74, 6) is 2.63. The van der Waals surface area contributed by atoms with Crippen molar-refractivity contribution in [3.8, 4) is 17.2 Å². The predicted molar refractivity (Wildman–Crippen MR) is 83.7 cm³/mol. The third kappa shape index (κ3) is 2.38. The Hall–Kier alpha value is -1.68. The maximum absolute atomic E-state index is 6.06. The van der Waals surface area contributed by atoms with Crippen molar-refractivity contribution in [2.24, 2.45) is 0 Å². The van der Waals surface area contributed by atoms with Gasteiger partial charge in [-0.2, -0.15) is 0 Å². The van der Waals surface area contributed by atoms with Crippen LogP contribution in [-0.2, 0) is 6.42 Å². The summed E-state index contributed by atoms with van der Waals surface area (Å²) >= 11 is 3.76. The molecule has 0 amide bonds. The second-order valence-corrected chi connectivity index (χ2v) is 6.27. The lowest BCUT2D eigenvalue weighted by Gasteiger charge is -2.29. The van der Waals surface area contributed by atoms with Crippen molar-refractivity contribution >= 4 is 15.9 Å². The van der Waals surface area contributed by atoms with Crippen LogP contribution in [0.3, 0.4) is 0 Å². The molecule has 2 aromatic rings. The zero-order valence-electron chi connectivity index (χ0n) is 11.4. The number of hydrogen-bond acceptors (Lipinski definition) is 3.